The number of rotatable bonds is 5. The first kappa shape index (κ1) is 16.5. The predicted octanol–water partition coefficient (Wildman–Crippen LogP) is 5.05. The van der Waals surface area contributed by atoms with Crippen molar-refractivity contribution in [3.63, 3.8) is 0 Å². The van der Waals surface area contributed by atoms with Gasteiger partial charge in [-0.05, 0) is 42.8 Å². The molecule has 4 nitrogen and oxygen atoms in total. The van der Waals surface area contributed by atoms with Crippen LogP contribution >= 0.6 is 22.9 Å². The molecule has 0 saturated heterocycles. The van der Waals surface area contributed by atoms with E-state index in [2.05, 4.69) is 4.98 Å². The van der Waals surface area contributed by atoms with E-state index in [0.717, 1.165) is 21.8 Å². The molecule has 24 heavy (non-hydrogen) atoms. The van der Waals surface area contributed by atoms with Gasteiger partial charge in [0, 0.05) is 16.0 Å². The van der Waals surface area contributed by atoms with Crippen LogP contribution in [0.15, 0.2) is 47.8 Å². The second kappa shape index (κ2) is 7.03. The molecule has 0 atom stereocenters. The normalized spacial score (nSPS) is 10.6. The molecule has 0 fully saturated rings. The van der Waals surface area contributed by atoms with Crippen molar-refractivity contribution in [1.29, 1.82) is 0 Å². The summed E-state index contributed by atoms with van der Waals surface area (Å²) in [7, 11) is 0. The number of carbonyl (C=O) groups is 1. The molecule has 1 heterocycles. The maximum Gasteiger partial charge on any atom is 0.339 e. The van der Waals surface area contributed by atoms with E-state index in [-0.39, 0.29) is 12.2 Å². The van der Waals surface area contributed by atoms with Gasteiger partial charge in [0.25, 0.3) is 0 Å². The number of aromatic carboxylic acids is 1. The van der Waals surface area contributed by atoms with Gasteiger partial charge in [0.15, 0.2) is 0 Å². The summed E-state index contributed by atoms with van der Waals surface area (Å²) in [5.41, 5.74) is 2.51. The lowest BCUT2D eigenvalue weighted by atomic mass is 10.1. The van der Waals surface area contributed by atoms with Crippen molar-refractivity contribution in [2.24, 2.45) is 0 Å². The zero-order valence-corrected chi connectivity index (χ0v) is 14.4. The van der Waals surface area contributed by atoms with E-state index in [9.17, 15) is 9.90 Å². The van der Waals surface area contributed by atoms with Gasteiger partial charge in [0.2, 0.25) is 0 Å². The van der Waals surface area contributed by atoms with Gasteiger partial charge in [-0.1, -0.05) is 23.7 Å². The summed E-state index contributed by atoms with van der Waals surface area (Å²) in [6, 6.07) is 12.3. The second-order valence-electron chi connectivity index (χ2n) is 5.19. The Balaban J connectivity index is 1.86. The second-order valence-corrected chi connectivity index (χ2v) is 6.69. The molecule has 0 aliphatic heterocycles. The molecular weight excluding hydrogens is 346 g/mol. The number of hydrogen-bond acceptors (Lipinski definition) is 4. The van der Waals surface area contributed by atoms with E-state index in [1.807, 2.05) is 30.5 Å². The van der Waals surface area contributed by atoms with Gasteiger partial charge >= 0.3 is 5.97 Å². The predicted molar refractivity (Wildman–Crippen MR) is 95.0 cm³/mol. The van der Waals surface area contributed by atoms with E-state index < -0.39 is 5.97 Å². The Labute approximate surface area is 148 Å². The quantitative estimate of drug-likeness (QED) is 0.692. The number of hydrogen-bond donors (Lipinski definition) is 1. The van der Waals surface area contributed by atoms with E-state index in [0.29, 0.717) is 10.8 Å². The van der Waals surface area contributed by atoms with Crippen LogP contribution in [0.25, 0.3) is 11.3 Å². The van der Waals surface area contributed by atoms with Gasteiger partial charge in [0.1, 0.15) is 17.9 Å². The number of halogens is 1. The molecule has 2 aromatic carbocycles. The zero-order chi connectivity index (χ0) is 17.1. The van der Waals surface area contributed by atoms with Crippen LogP contribution in [0, 0.1) is 6.92 Å². The molecule has 122 valence electrons. The van der Waals surface area contributed by atoms with Crippen LogP contribution in [0.3, 0.4) is 0 Å². The molecule has 0 spiro atoms. The minimum atomic E-state index is -1.04. The highest BCUT2D eigenvalue weighted by Crippen LogP contribution is 2.28. The van der Waals surface area contributed by atoms with Gasteiger partial charge in [0.05, 0.1) is 10.7 Å². The van der Waals surface area contributed by atoms with Crippen LogP contribution in [0.2, 0.25) is 5.02 Å². The summed E-state index contributed by atoms with van der Waals surface area (Å²) >= 11 is 7.47. The van der Waals surface area contributed by atoms with Gasteiger partial charge in [-0.3, -0.25) is 0 Å². The van der Waals surface area contributed by atoms with Crippen molar-refractivity contribution >= 4 is 28.9 Å². The van der Waals surface area contributed by atoms with E-state index >= 15 is 0 Å². The van der Waals surface area contributed by atoms with Crippen LogP contribution < -0.4 is 4.74 Å². The summed E-state index contributed by atoms with van der Waals surface area (Å²) in [4.78, 5) is 15.9. The van der Waals surface area contributed by atoms with Crippen molar-refractivity contribution in [2.75, 3.05) is 0 Å². The molecule has 3 rings (SSSR count). The Hall–Kier alpha value is -2.37. The maximum atomic E-state index is 11.6. The number of aromatic nitrogens is 1. The van der Waals surface area contributed by atoms with Crippen LogP contribution in [-0.2, 0) is 6.61 Å². The van der Waals surface area contributed by atoms with Gasteiger partial charge in [-0.2, -0.15) is 0 Å². The lowest BCUT2D eigenvalue weighted by molar-refractivity contribution is 0.0692. The molecule has 3 aromatic rings. The first-order valence-electron chi connectivity index (χ1n) is 7.20. The fourth-order valence-corrected chi connectivity index (χ4v) is 3.10. The fourth-order valence-electron chi connectivity index (χ4n) is 2.27. The third-order valence-corrected chi connectivity index (χ3v) is 4.42. The molecular formula is C18H14ClNO3S. The number of nitrogens with zero attached hydrogens (tertiary/aromatic N) is 1. The van der Waals surface area contributed by atoms with Crippen molar-refractivity contribution < 1.29 is 14.6 Å². The summed E-state index contributed by atoms with van der Waals surface area (Å²) in [6.07, 6.45) is 0. The molecule has 0 aliphatic rings. The standard InChI is InChI=1S/C18H14ClNO3S/c1-11-20-16(10-24-11)13-5-6-17(15(8-13)18(21)22)23-9-12-3-2-4-14(19)7-12/h2-8,10H,9H2,1H3,(H,21,22). The van der Waals surface area contributed by atoms with E-state index in [1.54, 1.807) is 24.3 Å². The number of aryl methyl sites for hydroxylation is 1. The zero-order valence-electron chi connectivity index (χ0n) is 12.8. The maximum absolute atomic E-state index is 11.6. The number of ether oxygens (including phenoxy) is 1. The minimum absolute atomic E-state index is 0.111. The van der Waals surface area contributed by atoms with Crippen molar-refractivity contribution in [3.8, 4) is 17.0 Å². The molecule has 0 radical (unpaired) electrons. The van der Waals surface area contributed by atoms with Crippen LogP contribution in [-0.4, -0.2) is 16.1 Å². The lowest BCUT2D eigenvalue weighted by Crippen LogP contribution is -2.04. The molecule has 0 amide bonds. The number of carboxylic acid groups (broad SMARTS) is 1. The summed E-state index contributed by atoms with van der Waals surface area (Å²) in [5, 5.41) is 12.9. The highest BCUT2D eigenvalue weighted by Gasteiger charge is 2.14. The molecule has 1 aromatic heterocycles. The molecule has 0 saturated carbocycles. The number of benzene rings is 2. The van der Waals surface area contributed by atoms with Gasteiger partial charge in [-0.15, -0.1) is 11.3 Å². The van der Waals surface area contributed by atoms with Crippen molar-refractivity contribution in [3.05, 3.63) is 69.0 Å². The topological polar surface area (TPSA) is 59.4 Å². The number of carboxylic acids is 1. The first-order valence-corrected chi connectivity index (χ1v) is 8.46. The molecule has 0 aliphatic carbocycles. The SMILES string of the molecule is Cc1nc(-c2ccc(OCc3cccc(Cl)c3)c(C(=O)O)c2)cs1. The fraction of sp³-hybridized carbons (Fsp3) is 0.111. The lowest BCUT2D eigenvalue weighted by Gasteiger charge is -2.10. The molecule has 6 heteroatoms. The van der Waals surface area contributed by atoms with E-state index in [4.69, 9.17) is 16.3 Å². The Morgan fingerprint density at radius 1 is 1.29 bits per heavy atom. The molecule has 1 N–H and O–H groups in total. The van der Waals surface area contributed by atoms with Crippen LogP contribution in [0.1, 0.15) is 20.9 Å². The summed E-state index contributed by atoms with van der Waals surface area (Å²) in [6.45, 7) is 2.16. The smallest absolute Gasteiger partial charge is 0.339 e. The minimum Gasteiger partial charge on any atom is -0.488 e. The summed E-state index contributed by atoms with van der Waals surface area (Å²) in [5.74, 6) is -0.719. The Bertz CT molecular complexity index is 891. The Kier molecular flexibility index (Phi) is 4.83. The first-order chi connectivity index (χ1) is 11.5. The van der Waals surface area contributed by atoms with Crippen molar-refractivity contribution in [1.82, 2.24) is 4.98 Å². The van der Waals surface area contributed by atoms with Crippen LogP contribution in [0.4, 0.5) is 0 Å². The van der Waals surface area contributed by atoms with E-state index in [1.165, 1.54) is 11.3 Å². The van der Waals surface area contributed by atoms with Gasteiger partial charge in [-0.25, -0.2) is 9.78 Å². The summed E-state index contributed by atoms with van der Waals surface area (Å²) < 4.78 is 5.68. The van der Waals surface area contributed by atoms with Crippen LogP contribution in [0.5, 0.6) is 5.75 Å². The molecule has 0 unspecified atom stereocenters. The Morgan fingerprint density at radius 2 is 2.12 bits per heavy atom. The third-order valence-electron chi connectivity index (χ3n) is 3.41. The largest absolute Gasteiger partial charge is 0.488 e. The average molecular weight is 360 g/mol. The van der Waals surface area contributed by atoms with Crippen molar-refractivity contribution in [2.45, 2.75) is 13.5 Å². The molecule has 0 bridgehead atoms. The monoisotopic (exact) mass is 359 g/mol. The highest BCUT2D eigenvalue weighted by molar-refractivity contribution is 7.09. The highest BCUT2D eigenvalue weighted by atomic mass is 35.5. The van der Waals surface area contributed by atoms with Gasteiger partial charge < -0.3 is 9.84 Å². The Morgan fingerprint density at radius 3 is 2.79 bits per heavy atom. The third kappa shape index (κ3) is 3.75. The average Bonchev–Trinajstić information content (AvgIpc) is 2.99. The number of thiazole rings is 1.